The van der Waals surface area contributed by atoms with Crippen LogP contribution in [0.5, 0.6) is 0 Å². The van der Waals surface area contributed by atoms with E-state index in [1.165, 1.54) is 0 Å². The molecule has 7 nitrogen and oxygen atoms in total. The van der Waals surface area contributed by atoms with Crippen LogP contribution >= 0.6 is 0 Å². The third-order valence-corrected chi connectivity index (χ3v) is 5.30. The molecule has 0 fully saturated rings. The number of anilines is 1. The molecule has 0 amide bonds. The highest BCUT2D eigenvalue weighted by atomic mass is 32.2. The van der Waals surface area contributed by atoms with Crippen molar-refractivity contribution < 1.29 is 8.42 Å². The van der Waals surface area contributed by atoms with E-state index in [9.17, 15) is 13.2 Å². The smallest absolute Gasteiger partial charge is 0.304 e. The van der Waals surface area contributed by atoms with Gasteiger partial charge in [0.15, 0.2) is 5.65 Å². The molecule has 3 rings (SSSR count). The van der Waals surface area contributed by atoms with Crippen LogP contribution in [0.2, 0.25) is 0 Å². The van der Waals surface area contributed by atoms with Gasteiger partial charge >= 0.3 is 5.69 Å². The minimum atomic E-state index is -3.31. The van der Waals surface area contributed by atoms with Crippen LogP contribution in [0.4, 0.5) is 5.69 Å². The second-order valence-corrected chi connectivity index (χ2v) is 7.79. The quantitative estimate of drug-likeness (QED) is 0.628. The Labute approximate surface area is 145 Å². The Morgan fingerprint density at radius 3 is 2.56 bits per heavy atom. The number of H-pyrrole nitrogens is 2. The molecule has 132 valence electrons. The summed E-state index contributed by atoms with van der Waals surface area (Å²) in [5.41, 5.74) is 3.94. The fourth-order valence-corrected chi connectivity index (χ4v) is 3.90. The summed E-state index contributed by atoms with van der Waals surface area (Å²) in [5, 5.41) is 0. The van der Waals surface area contributed by atoms with Crippen LogP contribution in [0.3, 0.4) is 0 Å². The summed E-state index contributed by atoms with van der Waals surface area (Å²) in [6, 6.07) is 8.97. The largest absolute Gasteiger partial charge is 0.325 e. The molecule has 3 aromatic rings. The Morgan fingerprint density at radius 1 is 1.16 bits per heavy atom. The molecule has 0 aliphatic rings. The van der Waals surface area contributed by atoms with Crippen molar-refractivity contribution in [3.8, 4) is 11.1 Å². The first-order chi connectivity index (χ1) is 11.9. The lowest BCUT2D eigenvalue weighted by atomic mass is 10.0. The Morgan fingerprint density at radius 2 is 1.88 bits per heavy atom. The van der Waals surface area contributed by atoms with Crippen molar-refractivity contribution in [2.75, 3.05) is 10.5 Å². The van der Waals surface area contributed by atoms with Gasteiger partial charge in [0.25, 0.3) is 0 Å². The lowest BCUT2D eigenvalue weighted by molar-refractivity contribution is 0.598. The molecule has 0 bridgehead atoms. The highest BCUT2D eigenvalue weighted by molar-refractivity contribution is 7.92. The van der Waals surface area contributed by atoms with Crippen LogP contribution in [0.15, 0.2) is 35.1 Å². The molecule has 0 saturated heterocycles. The van der Waals surface area contributed by atoms with E-state index in [0.29, 0.717) is 23.3 Å². The monoisotopic (exact) mass is 360 g/mol. The van der Waals surface area contributed by atoms with Gasteiger partial charge in [-0.25, -0.2) is 18.2 Å². The van der Waals surface area contributed by atoms with Gasteiger partial charge in [-0.05, 0) is 37.1 Å². The van der Waals surface area contributed by atoms with Gasteiger partial charge in [0, 0.05) is 16.9 Å². The first kappa shape index (κ1) is 17.2. The molecule has 8 heteroatoms. The molecule has 0 aliphatic carbocycles. The second kappa shape index (κ2) is 6.72. The van der Waals surface area contributed by atoms with E-state index < -0.39 is 10.0 Å². The molecule has 0 atom stereocenters. The number of imidazole rings is 1. The number of fused-ring (bicyclic) bond motifs is 1. The summed E-state index contributed by atoms with van der Waals surface area (Å²) in [7, 11) is -3.31. The van der Waals surface area contributed by atoms with Gasteiger partial charge in [-0.15, -0.1) is 0 Å². The predicted molar refractivity (Wildman–Crippen MR) is 99.2 cm³/mol. The SMILES string of the molecule is CCCCS(=O)(=O)Nc1ccc(-c2cc3[nH]c(=O)[nH]c3nc2C)cc1. The Bertz CT molecular complexity index is 1050. The predicted octanol–water partition coefficient (Wildman–Crippen LogP) is 2.77. The molecule has 25 heavy (non-hydrogen) atoms. The van der Waals surface area contributed by atoms with Crippen molar-refractivity contribution in [1.29, 1.82) is 0 Å². The van der Waals surface area contributed by atoms with Gasteiger partial charge in [0.2, 0.25) is 10.0 Å². The Kier molecular flexibility index (Phi) is 4.63. The van der Waals surface area contributed by atoms with Crippen LogP contribution < -0.4 is 10.4 Å². The molecule has 0 saturated carbocycles. The topological polar surface area (TPSA) is 108 Å². The number of hydrogen-bond donors (Lipinski definition) is 3. The number of sulfonamides is 1. The third kappa shape index (κ3) is 3.90. The number of aromatic nitrogens is 3. The van der Waals surface area contributed by atoms with Gasteiger partial charge < -0.3 is 4.98 Å². The summed E-state index contributed by atoms with van der Waals surface area (Å²) < 4.78 is 26.5. The number of aryl methyl sites for hydroxylation is 1. The maximum atomic E-state index is 12.0. The second-order valence-electron chi connectivity index (χ2n) is 5.95. The van der Waals surface area contributed by atoms with E-state index in [0.717, 1.165) is 23.2 Å². The maximum Gasteiger partial charge on any atom is 0.325 e. The maximum absolute atomic E-state index is 12.0. The van der Waals surface area contributed by atoms with Crippen LogP contribution in [0.25, 0.3) is 22.3 Å². The summed E-state index contributed by atoms with van der Waals surface area (Å²) in [5.74, 6) is 0.117. The summed E-state index contributed by atoms with van der Waals surface area (Å²) in [6.07, 6.45) is 1.46. The molecule has 0 aliphatic heterocycles. The number of nitrogens with zero attached hydrogens (tertiary/aromatic N) is 1. The zero-order chi connectivity index (χ0) is 18.0. The minimum absolute atomic E-state index is 0.117. The van der Waals surface area contributed by atoms with E-state index in [1.807, 2.05) is 32.0 Å². The van der Waals surface area contributed by atoms with Gasteiger partial charge in [-0.3, -0.25) is 9.71 Å². The number of nitrogens with one attached hydrogen (secondary N) is 3. The zero-order valence-corrected chi connectivity index (χ0v) is 14.9. The number of unbranched alkanes of at least 4 members (excludes halogenated alkanes) is 1. The standard InChI is InChI=1S/C17H20N4O3S/c1-3-4-9-25(23,24)21-13-7-5-12(6-8-13)14-10-15-16(18-11(14)2)20-17(22)19-15/h5-8,10,21H,3-4,9H2,1-2H3,(H2,18,19,20,22). The molecule has 0 unspecified atom stereocenters. The Hall–Kier alpha value is -2.61. The van der Waals surface area contributed by atoms with E-state index in [2.05, 4.69) is 19.7 Å². The highest BCUT2D eigenvalue weighted by Gasteiger charge is 2.11. The number of benzene rings is 1. The fraction of sp³-hybridized carbons (Fsp3) is 0.294. The highest BCUT2D eigenvalue weighted by Crippen LogP contribution is 2.26. The minimum Gasteiger partial charge on any atom is -0.304 e. The van der Waals surface area contributed by atoms with E-state index in [-0.39, 0.29) is 11.4 Å². The molecule has 2 heterocycles. The lowest BCUT2D eigenvalue weighted by Crippen LogP contribution is -2.16. The zero-order valence-electron chi connectivity index (χ0n) is 14.1. The van der Waals surface area contributed by atoms with Gasteiger partial charge in [-0.1, -0.05) is 25.5 Å². The van der Waals surface area contributed by atoms with E-state index in [4.69, 9.17) is 0 Å². The van der Waals surface area contributed by atoms with Crippen molar-refractivity contribution >= 4 is 26.9 Å². The third-order valence-electron chi connectivity index (χ3n) is 3.93. The van der Waals surface area contributed by atoms with Crippen molar-refractivity contribution in [3.05, 3.63) is 46.5 Å². The van der Waals surface area contributed by atoms with Crippen LogP contribution in [0.1, 0.15) is 25.5 Å². The number of rotatable bonds is 6. The number of hydrogen-bond acceptors (Lipinski definition) is 4. The Balaban J connectivity index is 1.87. The molecule has 3 N–H and O–H groups in total. The van der Waals surface area contributed by atoms with Gasteiger partial charge in [-0.2, -0.15) is 0 Å². The first-order valence-electron chi connectivity index (χ1n) is 8.08. The van der Waals surface area contributed by atoms with E-state index in [1.54, 1.807) is 12.1 Å². The lowest BCUT2D eigenvalue weighted by Gasteiger charge is -2.09. The number of pyridine rings is 1. The molecule has 0 spiro atoms. The molecule has 2 aromatic heterocycles. The molecular weight excluding hydrogens is 340 g/mol. The fourth-order valence-electron chi connectivity index (χ4n) is 2.63. The van der Waals surface area contributed by atoms with Gasteiger partial charge in [0.05, 0.1) is 11.3 Å². The van der Waals surface area contributed by atoms with Crippen molar-refractivity contribution in [1.82, 2.24) is 15.0 Å². The molecule has 1 aromatic carbocycles. The molecule has 0 radical (unpaired) electrons. The van der Waals surface area contributed by atoms with Crippen LogP contribution in [-0.4, -0.2) is 29.1 Å². The van der Waals surface area contributed by atoms with Crippen molar-refractivity contribution in [3.63, 3.8) is 0 Å². The van der Waals surface area contributed by atoms with Crippen LogP contribution in [-0.2, 0) is 10.0 Å². The van der Waals surface area contributed by atoms with Crippen molar-refractivity contribution in [2.24, 2.45) is 0 Å². The molecular formula is C17H20N4O3S. The first-order valence-corrected chi connectivity index (χ1v) is 9.74. The van der Waals surface area contributed by atoms with Gasteiger partial charge in [0.1, 0.15) is 0 Å². The summed E-state index contributed by atoms with van der Waals surface area (Å²) in [4.78, 5) is 21.1. The van der Waals surface area contributed by atoms with Crippen molar-refractivity contribution in [2.45, 2.75) is 26.7 Å². The van der Waals surface area contributed by atoms with Crippen LogP contribution in [0, 0.1) is 6.92 Å². The summed E-state index contributed by atoms with van der Waals surface area (Å²) >= 11 is 0. The summed E-state index contributed by atoms with van der Waals surface area (Å²) in [6.45, 7) is 3.82. The van der Waals surface area contributed by atoms with E-state index >= 15 is 0 Å². The average molecular weight is 360 g/mol. The average Bonchev–Trinajstić information content (AvgIpc) is 2.91. The number of aromatic amines is 2. The normalized spacial score (nSPS) is 11.8.